The zero-order valence-corrected chi connectivity index (χ0v) is 12.4. The van der Waals surface area contributed by atoms with Gasteiger partial charge in [0.2, 0.25) is 5.78 Å². The van der Waals surface area contributed by atoms with Crippen molar-refractivity contribution in [2.75, 3.05) is 0 Å². The first-order valence-corrected chi connectivity index (χ1v) is 7.09. The molecule has 0 aliphatic heterocycles. The highest BCUT2D eigenvalue weighted by Gasteiger charge is 2.13. The third kappa shape index (κ3) is 2.44. The van der Waals surface area contributed by atoms with E-state index in [2.05, 4.69) is 31.9 Å². The monoisotopic (exact) mass is 358 g/mol. The van der Waals surface area contributed by atoms with E-state index in [1.54, 1.807) is 0 Å². The maximum Gasteiger partial charge on any atom is 0.203 e. The summed E-state index contributed by atoms with van der Waals surface area (Å²) in [4.78, 5) is 13.0. The van der Waals surface area contributed by atoms with Crippen molar-refractivity contribution in [3.05, 3.63) is 54.6 Å². The molecule has 0 bridgehead atoms. The van der Waals surface area contributed by atoms with Crippen LogP contribution in [0.5, 0.6) is 0 Å². The molecular formula is C12H8Br2OS. The zero-order valence-electron chi connectivity index (χ0n) is 8.46. The van der Waals surface area contributed by atoms with Gasteiger partial charge in [-0.05, 0) is 42.1 Å². The molecular weight excluding hydrogens is 352 g/mol. The SMILES string of the molecule is Cc1ccsc1C(=O)c1cc(Br)cc(Br)c1. The van der Waals surface area contributed by atoms with Crippen molar-refractivity contribution in [3.8, 4) is 0 Å². The van der Waals surface area contributed by atoms with E-state index in [1.165, 1.54) is 11.3 Å². The average molecular weight is 360 g/mol. The predicted molar refractivity (Wildman–Crippen MR) is 74.3 cm³/mol. The van der Waals surface area contributed by atoms with E-state index in [4.69, 9.17) is 0 Å². The summed E-state index contributed by atoms with van der Waals surface area (Å²) >= 11 is 8.25. The minimum absolute atomic E-state index is 0.0782. The van der Waals surface area contributed by atoms with Crippen LogP contribution in [0.1, 0.15) is 20.8 Å². The molecule has 1 nitrogen and oxygen atoms in total. The lowest BCUT2D eigenvalue weighted by atomic mass is 10.1. The lowest BCUT2D eigenvalue weighted by molar-refractivity contribution is 0.104. The summed E-state index contributed by atoms with van der Waals surface area (Å²) in [6.45, 7) is 1.96. The molecule has 1 aromatic carbocycles. The Labute approximate surface area is 115 Å². The van der Waals surface area contributed by atoms with Crippen molar-refractivity contribution in [1.29, 1.82) is 0 Å². The third-order valence-corrected chi connectivity index (χ3v) is 4.12. The fraction of sp³-hybridized carbons (Fsp3) is 0.0833. The second-order valence-electron chi connectivity index (χ2n) is 3.42. The number of carbonyl (C=O) groups is 1. The summed E-state index contributed by atoms with van der Waals surface area (Å²) in [5, 5.41) is 1.94. The van der Waals surface area contributed by atoms with Crippen LogP contribution in [0.15, 0.2) is 38.6 Å². The fourth-order valence-electron chi connectivity index (χ4n) is 1.42. The predicted octanol–water partition coefficient (Wildman–Crippen LogP) is 4.81. The molecule has 0 saturated carbocycles. The van der Waals surface area contributed by atoms with Gasteiger partial charge in [-0.3, -0.25) is 4.79 Å². The molecule has 2 aromatic rings. The minimum Gasteiger partial charge on any atom is -0.288 e. The minimum atomic E-state index is 0.0782. The van der Waals surface area contributed by atoms with Crippen molar-refractivity contribution in [3.63, 3.8) is 0 Å². The van der Waals surface area contributed by atoms with Gasteiger partial charge < -0.3 is 0 Å². The maximum atomic E-state index is 12.2. The maximum absolute atomic E-state index is 12.2. The molecule has 0 aliphatic rings. The molecule has 1 aromatic heterocycles. The number of halogens is 2. The van der Waals surface area contributed by atoms with Crippen LogP contribution in [0.4, 0.5) is 0 Å². The van der Waals surface area contributed by atoms with E-state index in [-0.39, 0.29) is 5.78 Å². The normalized spacial score (nSPS) is 10.4. The number of hydrogen-bond donors (Lipinski definition) is 0. The molecule has 0 radical (unpaired) electrons. The first-order chi connectivity index (χ1) is 7.58. The van der Waals surface area contributed by atoms with Gasteiger partial charge in [0, 0.05) is 14.5 Å². The standard InChI is InChI=1S/C12H8Br2OS/c1-7-2-3-16-12(7)11(15)8-4-9(13)6-10(14)5-8/h2-6H,1H3. The van der Waals surface area contributed by atoms with Crippen molar-refractivity contribution >= 4 is 49.0 Å². The molecule has 0 N–H and O–H groups in total. The van der Waals surface area contributed by atoms with Crippen molar-refractivity contribution in [2.24, 2.45) is 0 Å². The van der Waals surface area contributed by atoms with Gasteiger partial charge in [0.15, 0.2) is 0 Å². The van der Waals surface area contributed by atoms with E-state index >= 15 is 0 Å². The van der Waals surface area contributed by atoms with Gasteiger partial charge in [0.1, 0.15) is 0 Å². The highest BCUT2D eigenvalue weighted by molar-refractivity contribution is 9.11. The van der Waals surface area contributed by atoms with Crippen LogP contribution in [0, 0.1) is 6.92 Å². The zero-order chi connectivity index (χ0) is 11.7. The van der Waals surface area contributed by atoms with Crippen LogP contribution in [-0.4, -0.2) is 5.78 Å². The summed E-state index contributed by atoms with van der Waals surface area (Å²) in [6, 6.07) is 7.56. The van der Waals surface area contributed by atoms with Crippen molar-refractivity contribution in [1.82, 2.24) is 0 Å². The number of carbonyl (C=O) groups excluding carboxylic acids is 1. The van der Waals surface area contributed by atoms with Gasteiger partial charge in [-0.2, -0.15) is 0 Å². The van der Waals surface area contributed by atoms with Crippen molar-refractivity contribution in [2.45, 2.75) is 6.92 Å². The Kier molecular flexibility index (Phi) is 3.62. The fourth-order valence-corrected chi connectivity index (χ4v) is 3.60. The molecule has 0 unspecified atom stereocenters. The van der Waals surface area contributed by atoms with Gasteiger partial charge in [0.05, 0.1) is 4.88 Å². The Morgan fingerprint density at radius 2 is 1.81 bits per heavy atom. The van der Waals surface area contributed by atoms with E-state index in [1.807, 2.05) is 36.6 Å². The third-order valence-electron chi connectivity index (χ3n) is 2.19. The van der Waals surface area contributed by atoms with Gasteiger partial charge >= 0.3 is 0 Å². The summed E-state index contributed by atoms with van der Waals surface area (Å²) in [7, 11) is 0. The van der Waals surface area contributed by atoms with Crippen LogP contribution in [0.2, 0.25) is 0 Å². The highest BCUT2D eigenvalue weighted by atomic mass is 79.9. The van der Waals surface area contributed by atoms with Crippen LogP contribution < -0.4 is 0 Å². The molecule has 0 fully saturated rings. The first kappa shape index (κ1) is 12.0. The quantitative estimate of drug-likeness (QED) is 0.703. The smallest absolute Gasteiger partial charge is 0.203 e. The Morgan fingerprint density at radius 3 is 2.31 bits per heavy atom. The molecule has 16 heavy (non-hydrogen) atoms. The lowest BCUT2D eigenvalue weighted by Crippen LogP contribution is -2.00. The second kappa shape index (κ2) is 4.82. The van der Waals surface area contributed by atoms with E-state index in [0.29, 0.717) is 5.56 Å². The largest absolute Gasteiger partial charge is 0.288 e. The number of hydrogen-bond acceptors (Lipinski definition) is 2. The molecule has 82 valence electrons. The van der Waals surface area contributed by atoms with Crippen LogP contribution in [0.25, 0.3) is 0 Å². The number of aryl methyl sites for hydroxylation is 1. The molecule has 0 atom stereocenters. The Morgan fingerprint density at radius 1 is 1.19 bits per heavy atom. The topological polar surface area (TPSA) is 17.1 Å². The summed E-state index contributed by atoms with van der Waals surface area (Å²) in [6.07, 6.45) is 0. The summed E-state index contributed by atoms with van der Waals surface area (Å²) in [5.74, 6) is 0.0782. The molecule has 1 heterocycles. The van der Waals surface area contributed by atoms with Crippen LogP contribution >= 0.6 is 43.2 Å². The number of rotatable bonds is 2. The van der Waals surface area contributed by atoms with Crippen molar-refractivity contribution < 1.29 is 4.79 Å². The number of benzene rings is 1. The molecule has 4 heteroatoms. The highest BCUT2D eigenvalue weighted by Crippen LogP contribution is 2.25. The van der Waals surface area contributed by atoms with Gasteiger partial charge in [0.25, 0.3) is 0 Å². The van der Waals surface area contributed by atoms with E-state index < -0.39 is 0 Å². The van der Waals surface area contributed by atoms with E-state index in [0.717, 1.165) is 19.4 Å². The van der Waals surface area contributed by atoms with Gasteiger partial charge in [-0.15, -0.1) is 11.3 Å². The molecule has 0 aliphatic carbocycles. The first-order valence-electron chi connectivity index (χ1n) is 4.63. The second-order valence-corrected chi connectivity index (χ2v) is 6.17. The van der Waals surface area contributed by atoms with Gasteiger partial charge in [-0.25, -0.2) is 0 Å². The Balaban J connectivity index is 2.45. The molecule has 2 rings (SSSR count). The summed E-state index contributed by atoms with van der Waals surface area (Å²) in [5.41, 5.74) is 1.73. The van der Waals surface area contributed by atoms with Crippen LogP contribution in [0.3, 0.4) is 0 Å². The van der Waals surface area contributed by atoms with E-state index in [9.17, 15) is 4.79 Å². The molecule has 0 amide bonds. The average Bonchev–Trinajstić information content (AvgIpc) is 2.62. The Bertz CT molecular complexity index is 525. The molecule has 0 spiro atoms. The Hall–Kier alpha value is -0.450. The number of ketones is 1. The molecule has 0 saturated heterocycles. The number of thiophene rings is 1. The van der Waals surface area contributed by atoms with Gasteiger partial charge in [-0.1, -0.05) is 31.9 Å². The summed E-state index contributed by atoms with van der Waals surface area (Å²) < 4.78 is 1.80. The van der Waals surface area contributed by atoms with Crippen LogP contribution in [-0.2, 0) is 0 Å². The lowest BCUT2D eigenvalue weighted by Gasteiger charge is -2.02.